The summed E-state index contributed by atoms with van der Waals surface area (Å²) in [5, 5.41) is 2.89. The monoisotopic (exact) mass is 185 g/mol. The van der Waals surface area contributed by atoms with E-state index in [0.717, 1.165) is 39.1 Å². The molecule has 0 aliphatic carbocycles. The average molecular weight is 185 g/mol. The van der Waals surface area contributed by atoms with Crippen molar-refractivity contribution in [3.63, 3.8) is 0 Å². The van der Waals surface area contributed by atoms with Gasteiger partial charge >= 0.3 is 6.03 Å². The number of hydrogen-bond acceptors (Lipinski definition) is 2. The van der Waals surface area contributed by atoms with Crippen molar-refractivity contribution in [2.75, 3.05) is 39.8 Å². The third kappa shape index (κ3) is 3.22. The minimum absolute atomic E-state index is 0.0925. The molecule has 1 N–H and O–H groups in total. The number of piperazine rings is 1. The summed E-state index contributed by atoms with van der Waals surface area (Å²) in [5.74, 6) is 0. The lowest BCUT2D eigenvalue weighted by Crippen LogP contribution is -2.50. The first kappa shape index (κ1) is 10.3. The quantitative estimate of drug-likeness (QED) is 0.674. The van der Waals surface area contributed by atoms with E-state index in [1.165, 1.54) is 0 Å². The normalized spacial score (nSPS) is 18.8. The first-order valence-electron chi connectivity index (χ1n) is 4.95. The summed E-state index contributed by atoms with van der Waals surface area (Å²) in [6.45, 7) is 6.52. The Balaban J connectivity index is 2.23. The van der Waals surface area contributed by atoms with Crippen LogP contribution in [-0.4, -0.2) is 55.6 Å². The minimum Gasteiger partial charge on any atom is -0.338 e. The molecule has 2 amide bonds. The Kier molecular flexibility index (Phi) is 4.02. The van der Waals surface area contributed by atoms with E-state index in [4.69, 9.17) is 0 Å². The van der Waals surface area contributed by atoms with Gasteiger partial charge in [-0.1, -0.05) is 6.92 Å². The van der Waals surface area contributed by atoms with Crippen LogP contribution in [0.5, 0.6) is 0 Å². The molecule has 13 heavy (non-hydrogen) atoms. The van der Waals surface area contributed by atoms with E-state index >= 15 is 0 Å². The van der Waals surface area contributed by atoms with Gasteiger partial charge in [-0.2, -0.15) is 0 Å². The molecule has 1 heterocycles. The second-order valence-electron chi connectivity index (χ2n) is 3.52. The van der Waals surface area contributed by atoms with Crippen LogP contribution in [0.25, 0.3) is 0 Å². The van der Waals surface area contributed by atoms with Crippen molar-refractivity contribution in [1.82, 2.24) is 15.1 Å². The smallest absolute Gasteiger partial charge is 0.317 e. The summed E-state index contributed by atoms with van der Waals surface area (Å²) in [5.41, 5.74) is 0. The Morgan fingerprint density at radius 1 is 1.31 bits per heavy atom. The molecular weight excluding hydrogens is 166 g/mol. The Bertz CT molecular complexity index is 164. The van der Waals surface area contributed by atoms with Gasteiger partial charge in [0.15, 0.2) is 0 Å². The van der Waals surface area contributed by atoms with E-state index in [9.17, 15) is 4.79 Å². The molecule has 0 aromatic heterocycles. The topological polar surface area (TPSA) is 35.6 Å². The fourth-order valence-electron chi connectivity index (χ4n) is 1.35. The molecule has 0 spiro atoms. The number of amides is 2. The second-order valence-corrected chi connectivity index (χ2v) is 3.52. The van der Waals surface area contributed by atoms with E-state index < -0.39 is 0 Å². The number of carbonyl (C=O) groups excluding carboxylic acids is 1. The molecule has 0 unspecified atom stereocenters. The Morgan fingerprint density at radius 2 is 1.92 bits per heavy atom. The highest BCUT2D eigenvalue weighted by molar-refractivity contribution is 5.74. The lowest BCUT2D eigenvalue weighted by atomic mass is 10.3. The lowest BCUT2D eigenvalue weighted by molar-refractivity contribution is 0.154. The van der Waals surface area contributed by atoms with Crippen LogP contribution in [0.15, 0.2) is 0 Å². The lowest BCUT2D eigenvalue weighted by Gasteiger charge is -2.32. The molecule has 0 saturated carbocycles. The largest absolute Gasteiger partial charge is 0.338 e. The zero-order valence-corrected chi connectivity index (χ0v) is 8.55. The molecule has 4 heteroatoms. The SMILES string of the molecule is CCCNC(=O)N1CCN(C)CC1. The fraction of sp³-hybridized carbons (Fsp3) is 0.889. The van der Waals surface area contributed by atoms with Gasteiger partial charge in [-0.05, 0) is 13.5 Å². The van der Waals surface area contributed by atoms with Crippen molar-refractivity contribution >= 4 is 6.03 Å². The molecule has 1 aliphatic heterocycles. The number of hydrogen-bond donors (Lipinski definition) is 1. The van der Waals surface area contributed by atoms with Crippen LogP contribution in [0, 0.1) is 0 Å². The number of urea groups is 1. The van der Waals surface area contributed by atoms with Gasteiger partial charge in [0.2, 0.25) is 0 Å². The maximum absolute atomic E-state index is 11.5. The zero-order chi connectivity index (χ0) is 9.68. The summed E-state index contributed by atoms with van der Waals surface area (Å²) in [7, 11) is 2.08. The molecule has 0 aromatic carbocycles. The Hall–Kier alpha value is -0.770. The van der Waals surface area contributed by atoms with Crippen LogP contribution in [0.3, 0.4) is 0 Å². The van der Waals surface area contributed by atoms with Crippen LogP contribution in [0.1, 0.15) is 13.3 Å². The summed E-state index contributed by atoms with van der Waals surface area (Å²) in [4.78, 5) is 15.6. The summed E-state index contributed by atoms with van der Waals surface area (Å²) >= 11 is 0. The molecular formula is C9H19N3O. The van der Waals surface area contributed by atoms with Crippen molar-refractivity contribution in [2.24, 2.45) is 0 Å². The van der Waals surface area contributed by atoms with Gasteiger partial charge < -0.3 is 15.1 Å². The third-order valence-electron chi connectivity index (χ3n) is 2.32. The summed E-state index contributed by atoms with van der Waals surface area (Å²) < 4.78 is 0. The van der Waals surface area contributed by atoms with Crippen molar-refractivity contribution in [3.05, 3.63) is 0 Å². The van der Waals surface area contributed by atoms with E-state index in [1.807, 2.05) is 4.90 Å². The second kappa shape index (κ2) is 5.07. The van der Waals surface area contributed by atoms with Gasteiger partial charge in [-0.3, -0.25) is 0 Å². The standard InChI is InChI=1S/C9H19N3O/c1-3-4-10-9(13)12-7-5-11(2)6-8-12/h3-8H2,1-2H3,(H,10,13). The molecule has 1 saturated heterocycles. The van der Waals surface area contributed by atoms with Gasteiger partial charge in [0.1, 0.15) is 0 Å². The molecule has 1 rings (SSSR count). The molecule has 1 aliphatic rings. The van der Waals surface area contributed by atoms with Crippen LogP contribution in [-0.2, 0) is 0 Å². The maximum Gasteiger partial charge on any atom is 0.317 e. The van der Waals surface area contributed by atoms with Crippen LogP contribution in [0.4, 0.5) is 4.79 Å². The van der Waals surface area contributed by atoms with Crippen LogP contribution in [0.2, 0.25) is 0 Å². The third-order valence-corrected chi connectivity index (χ3v) is 2.32. The highest BCUT2D eigenvalue weighted by Gasteiger charge is 2.17. The molecule has 0 radical (unpaired) electrons. The Labute approximate surface area is 79.9 Å². The number of nitrogens with one attached hydrogen (secondary N) is 1. The molecule has 0 atom stereocenters. The van der Waals surface area contributed by atoms with E-state index in [0.29, 0.717) is 0 Å². The number of nitrogens with zero attached hydrogens (tertiary/aromatic N) is 2. The van der Waals surface area contributed by atoms with Crippen LogP contribution < -0.4 is 5.32 Å². The van der Waals surface area contributed by atoms with E-state index in [-0.39, 0.29) is 6.03 Å². The number of likely N-dealkylation sites (N-methyl/N-ethyl adjacent to an activating group) is 1. The Morgan fingerprint density at radius 3 is 2.46 bits per heavy atom. The average Bonchev–Trinajstić information content (AvgIpc) is 2.15. The highest BCUT2D eigenvalue weighted by atomic mass is 16.2. The van der Waals surface area contributed by atoms with Gasteiger partial charge in [-0.15, -0.1) is 0 Å². The van der Waals surface area contributed by atoms with Crippen molar-refractivity contribution in [1.29, 1.82) is 0 Å². The maximum atomic E-state index is 11.5. The fourth-order valence-corrected chi connectivity index (χ4v) is 1.35. The molecule has 0 aromatic rings. The zero-order valence-electron chi connectivity index (χ0n) is 8.55. The molecule has 4 nitrogen and oxygen atoms in total. The molecule has 0 bridgehead atoms. The van der Waals surface area contributed by atoms with E-state index in [2.05, 4.69) is 24.2 Å². The number of carbonyl (C=O) groups is 1. The minimum atomic E-state index is 0.0925. The van der Waals surface area contributed by atoms with E-state index in [1.54, 1.807) is 0 Å². The molecule has 1 fully saturated rings. The predicted molar refractivity (Wildman–Crippen MR) is 52.8 cm³/mol. The van der Waals surface area contributed by atoms with Crippen molar-refractivity contribution in [3.8, 4) is 0 Å². The summed E-state index contributed by atoms with van der Waals surface area (Å²) in [6.07, 6.45) is 0.999. The highest BCUT2D eigenvalue weighted by Crippen LogP contribution is 1.98. The van der Waals surface area contributed by atoms with Crippen molar-refractivity contribution < 1.29 is 4.79 Å². The first-order valence-corrected chi connectivity index (χ1v) is 4.95. The van der Waals surface area contributed by atoms with Gasteiger partial charge in [-0.25, -0.2) is 4.79 Å². The van der Waals surface area contributed by atoms with Gasteiger partial charge in [0.05, 0.1) is 0 Å². The number of rotatable bonds is 2. The van der Waals surface area contributed by atoms with Crippen molar-refractivity contribution in [2.45, 2.75) is 13.3 Å². The predicted octanol–water partition coefficient (Wildman–Crippen LogP) is 0.353. The van der Waals surface area contributed by atoms with Gasteiger partial charge in [0, 0.05) is 32.7 Å². The van der Waals surface area contributed by atoms with Gasteiger partial charge in [0.25, 0.3) is 0 Å². The molecule has 76 valence electrons. The van der Waals surface area contributed by atoms with Crippen LogP contribution >= 0.6 is 0 Å². The first-order chi connectivity index (χ1) is 6.24. The summed E-state index contributed by atoms with van der Waals surface area (Å²) in [6, 6.07) is 0.0925.